The quantitative estimate of drug-likeness (QED) is 0.746. The second-order valence-corrected chi connectivity index (χ2v) is 5.54. The summed E-state index contributed by atoms with van der Waals surface area (Å²) in [6, 6.07) is 12.8. The van der Waals surface area contributed by atoms with E-state index in [4.69, 9.17) is 16.3 Å². The molecule has 0 bridgehead atoms. The number of ether oxygens (including phenoxy) is 1. The Kier molecular flexibility index (Phi) is 6.54. The molecule has 2 aromatic rings. The molecule has 2 rings (SSSR count). The van der Waals surface area contributed by atoms with E-state index in [1.165, 1.54) is 12.1 Å². The number of rotatable bonds is 6. The van der Waals surface area contributed by atoms with E-state index in [-0.39, 0.29) is 23.7 Å². The van der Waals surface area contributed by atoms with E-state index in [9.17, 15) is 19.4 Å². The minimum Gasteiger partial charge on any atom is -0.445 e. The monoisotopic (exact) mass is 353 g/mol. The zero-order valence-corrected chi connectivity index (χ0v) is 13.4. The van der Waals surface area contributed by atoms with Crippen molar-refractivity contribution < 1.29 is 24.1 Å². The van der Waals surface area contributed by atoms with Gasteiger partial charge in [0, 0.05) is 6.54 Å². The van der Waals surface area contributed by atoms with E-state index in [1.54, 1.807) is 12.1 Å². The number of carbonyl (C=O) groups excluding carboxylic acids is 1. The first-order chi connectivity index (χ1) is 11.5. The van der Waals surface area contributed by atoms with Crippen LogP contribution in [0.15, 0.2) is 48.5 Å². The highest BCUT2D eigenvalue weighted by Gasteiger charge is 2.20. The van der Waals surface area contributed by atoms with E-state index in [1.807, 2.05) is 18.2 Å². The molecule has 0 aliphatic carbocycles. The minimum atomic E-state index is -1.37. The summed E-state index contributed by atoms with van der Waals surface area (Å²) in [5, 5.41) is 22.1. The van der Waals surface area contributed by atoms with Crippen LogP contribution < -0.4 is 5.32 Å². The summed E-state index contributed by atoms with van der Waals surface area (Å²) in [4.78, 5) is 11.6. The van der Waals surface area contributed by atoms with Gasteiger partial charge in [0.2, 0.25) is 0 Å². The second kappa shape index (κ2) is 8.63. The van der Waals surface area contributed by atoms with Crippen LogP contribution in [0.5, 0.6) is 0 Å². The van der Waals surface area contributed by atoms with Crippen molar-refractivity contribution in [3.63, 3.8) is 0 Å². The lowest BCUT2D eigenvalue weighted by Crippen LogP contribution is -2.35. The van der Waals surface area contributed by atoms with Crippen molar-refractivity contribution >= 4 is 17.7 Å². The fourth-order valence-corrected chi connectivity index (χ4v) is 2.11. The lowest BCUT2D eigenvalue weighted by atomic mass is 10.0. The van der Waals surface area contributed by atoms with Crippen LogP contribution in [-0.4, -0.2) is 29.0 Å². The summed E-state index contributed by atoms with van der Waals surface area (Å²) in [7, 11) is 0. The maximum Gasteiger partial charge on any atom is 0.407 e. The summed E-state index contributed by atoms with van der Waals surface area (Å²) >= 11 is 5.56. The van der Waals surface area contributed by atoms with Gasteiger partial charge in [0.15, 0.2) is 0 Å². The third kappa shape index (κ3) is 5.19. The van der Waals surface area contributed by atoms with E-state index in [0.717, 1.165) is 11.6 Å². The van der Waals surface area contributed by atoms with Gasteiger partial charge in [-0.3, -0.25) is 0 Å². The maximum atomic E-state index is 13.4. The molecule has 0 saturated carbocycles. The largest absolute Gasteiger partial charge is 0.445 e. The van der Waals surface area contributed by atoms with Crippen LogP contribution in [0.25, 0.3) is 0 Å². The molecular weight excluding hydrogens is 337 g/mol. The molecule has 5 nitrogen and oxygen atoms in total. The zero-order valence-electron chi connectivity index (χ0n) is 12.7. The molecule has 2 atom stereocenters. The molecule has 128 valence electrons. The molecule has 0 heterocycles. The van der Waals surface area contributed by atoms with Gasteiger partial charge in [-0.2, -0.15) is 0 Å². The van der Waals surface area contributed by atoms with Crippen molar-refractivity contribution in [3.8, 4) is 0 Å². The topological polar surface area (TPSA) is 78.8 Å². The third-order valence-electron chi connectivity index (χ3n) is 3.32. The molecule has 2 aromatic carbocycles. The smallest absolute Gasteiger partial charge is 0.407 e. The van der Waals surface area contributed by atoms with Gasteiger partial charge >= 0.3 is 6.09 Å². The first kappa shape index (κ1) is 18.2. The Bertz CT molecular complexity index is 684. The molecule has 0 fully saturated rings. The fraction of sp³-hybridized carbons (Fsp3) is 0.235. The van der Waals surface area contributed by atoms with Crippen LogP contribution in [0, 0.1) is 5.82 Å². The van der Waals surface area contributed by atoms with Crippen LogP contribution in [0.4, 0.5) is 9.18 Å². The minimum absolute atomic E-state index is 0.0805. The van der Waals surface area contributed by atoms with Gasteiger partial charge in [0.1, 0.15) is 24.6 Å². The summed E-state index contributed by atoms with van der Waals surface area (Å²) in [6.07, 6.45) is -3.42. The van der Waals surface area contributed by atoms with Crippen molar-refractivity contribution in [3.05, 3.63) is 70.5 Å². The summed E-state index contributed by atoms with van der Waals surface area (Å²) in [5.74, 6) is -0.698. The Balaban J connectivity index is 1.80. The van der Waals surface area contributed by atoms with Crippen molar-refractivity contribution in [1.29, 1.82) is 0 Å². The standard InChI is InChI=1S/C17H17ClFNO4/c18-13-7-6-12(8-14(13)19)16(22)15(21)9-20-17(23)24-10-11-4-2-1-3-5-11/h1-8,15-16,21-22H,9-10H2,(H,20,23). The van der Waals surface area contributed by atoms with Crippen LogP contribution >= 0.6 is 11.6 Å². The number of hydrogen-bond acceptors (Lipinski definition) is 4. The average molecular weight is 354 g/mol. The molecular formula is C17H17ClFNO4. The third-order valence-corrected chi connectivity index (χ3v) is 3.62. The number of aliphatic hydroxyl groups excluding tert-OH is 2. The van der Waals surface area contributed by atoms with Crippen LogP contribution in [0.1, 0.15) is 17.2 Å². The van der Waals surface area contributed by atoms with Crippen LogP contribution in [0.2, 0.25) is 5.02 Å². The lowest BCUT2D eigenvalue weighted by molar-refractivity contribution is 0.0182. The molecule has 0 saturated heterocycles. The Morgan fingerprint density at radius 3 is 2.58 bits per heavy atom. The van der Waals surface area contributed by atoms with Gasteiger partial charge in [-0.25, -0.2) is 9.18 Å². The number of carbonyl (C=O) groups is 1. The van der Waals surface area contributed by atoms with Crippen LogP contribution in [0.3, 0.4) is 0 Å². The van der Waals surface area contributed by atoms with E-state index >= 15 is 0 Å². The van der Waals surface area contributed by atoms with Gasteiger partial charge in [0.05, 0.1) is 5.02 Å². The number of alkyl carbamates (subject to hydrolysis) is 1. The lowest BCUT2D eigenvalue weighted by Gasteiger charge is -2.18. The van der Waals surface area contributed by atoms with Gasteiger partial charge in [-0.05, 0) is 23.3 Å². The van der Waals surface area contributed by atoms with E-state index in [0.29, 0.717) is 0 Å². The van der Waals surface area contributed by atoms with Crippen molar-refractivity contribution in [1.82, 2.24) is 5.32 Å². The predicted molar refractivity (Wildman–Crippen MR) is 87.0 cm³/mol. The normalized spacial score (nSPS) is 13.2. The maximum absolute atomic E-state index is 13.4. The summed E-state index contributed by atoms with van der Waals surface area (Å²) in [5.41, 5.74) is 0.980. The Labute approximate surface area is 143 Å². The van der Waals surface area contributed by atoms with Crippen molar-refractivity contribution in [2.24, 2.45) is 0 Å². The molecule has 1 amide bonds. The number of amides is 1. The Morgan fingerprint density at radius 1 is 1.21 bits per heavy atom. The highest BCUT2D eigenvalue weighted by Crippen LogP contribution is 2.22. The van der Waals surface area contributed by atoms with E-state index < -0.39 is 24.1 Å². The van der Waals surface area contributed by atoms with Gasteiger partial charge in [0.25, 0.3) is 0 Å². The Morgan fingerprint density at radius 2 is 1.92 bits per heavy atom. The highest BCUT2D eigenvalue weighted by molar-refractivity contribution is 6.30. The molecule has 24 heavy (non-hydrogen) atoms. The predicted octanol–water partition coefficient (Wildman–Crippen LogP) is 2.80. The van der Waals surface area contributed by atoms with Gasteiger partial charge in [-0.15, -0.1) is 0 Å². The van der Waals surface area contributed by atoms with Crippen molar-refractivity contribution in [2.45, 2.75) is 18.8 Å². The molecule has 0 aliphatic rings. The number of benzene rings is 2. The average Bonchev–Trinajstić information content (AvgIpc) is 2.60. The molecule has 0 radical (unpaired) electrons. The van der Waals surface area contributed by atoms with Crippen LogP contribution in [-0.2, 0) is 11.3 Å². The Hall–Kier alpha value is -2.15. The number of aliphatic hydroxyl groups is 2. The first-order valence-corrected chi connectivity index (χ1v) is 7.61. The highest BCUT2D eigenvalue weighted by atomic mass is 35.5. The molecule has 2 unspecified atom stereocenters. The molecule has 0 spiro atoms. The fourth-order valence-electron chi connectivity index (χ4n) is 1.99. The summed E-state index contributed by atoms with van der Waals surface area (Å²) in [6.45, 7) is -0.160. The zero-order chi connectivity index (χ0) is 17.5. The first-order valence-electron chi connectivity index (χ1n) is 7.23. The van der Waals surface area contributed by atoms with Gasteiger partial charge < -0.3 is 20.3 Å². The van der Waals surface area contributed by atoms with Crippen molar-refractivity contribution in [2.75, 3.05) is 6.54 Å². The van der Waals surface area contributed by atoms with E-state index in [2.05, 4.69) is 5.32 Å². The number of hydrogen-bond donors (Lipinski definition) is 3. The molecule has 0 aromatic heterocycles. The second-order valence-electron chi connectivity index (χ2n) is 5.13. The number of nitrogens with one attached hydrogen (secondary N) is 1. The molecule has 7 heteroatoms. The molecule has 3 N–H and O–H groups in total. The molecule has 0 aliphatic heterocycles. The number of halogens is 2. The SMILES string of the molecule is O=C(NCC(O)C(O)c1ccc(Cl)c(F)c1)OCc1ccccc1. The summed E-state index contributed by atoms with van der Waals surface area (Å²) < 4.78 is 18.3. The van der Waals surface area contributed by atoms with Gasteiger partial charge in [-0.1, -0.05) is 48.0 Å².